The molecular weight excluding hydrogens is 266 g/mol. The van der Waals surface area contributed by atoms with Gasteiger partial charge >= 0.3 is 0 Å². The SMILES string of the molecule is Cc1ccc(-c2cc(CNC3CC3)ccc2C)cc1Cl. The first-order chi connectivity index (χ1) is 9.63. The Balaban J connectivity index is 1.89. The third-order valence-corrected chi connectivity index (χ3v) is 4.36. The molecule has 2 heteroatoms. The summed E-state index contributed by atoms with van der Waals surface area (Å²) in [7, 11) is 0. The highest BCUT2D eigenvalue weighted by atomic mass is 35.5. The highest BCUT2D eigenvalue weighted by Crippen LogP contribution is 2.29. The van der Waals surface area contributed by atoms with Crippen molar-refractivity contribution in [3.05, 3.63) is 58.1 Å². The van der Waals surface area contributed by atoms with Crippen molar-refractivity contribution >= 4 is 11.6 Å². The lowest BCUT2D eigenvalue weighted by molar-refractivity contribution is 0.688. The molecule has 1 aliphatic carbocycles. The van der Waals surface area contributed by atoms with Crippen LogP contribution in [0, 0.1) is 13.8 Å². The van der Waals surface area contributed by atoms with Crippen LogP contribution in [0.25, 0.3) is 11.1 Å². The predicted octanol–water partition coefficient (Wildman–Crippen LogP) is 4.88. The molecule has 0 heterocycles. The van der Waals surface area contributed by atoms with Gasteiger partial charge in [0.25, 0.3) is 0 Å². The van der Waals surface area contributed by atoms with Crippen molar-refractivity contribution in [2.45, 2.75) is 39.3 Å². The van der Waals surface area contributed by atoms with Gasteiger partial charge < -0.3 is 5.32 Å². The number of rotatable bonds is 4. The smallest absolute Gasteiger partial charge is 0.0441 e. The third-order valence-electron chi connectivity index (χ3n) is 3.96. The molecule has 0 bridgehead atoms. The summed E-state index contributed by atoms with van der Waals surface area (Å²) in [5, 5.41) is 4.40. The molecule has 1 nitrogen and oxygen atoms in total. The molecule has 0 atom stereocenters. The van der Waals surface area contributed by atoms with Crippen molar-refractivity contribution < 1.29 is 0 Å². The van der Waals surface area contributed by atoms with Gasteiger partial charge in [-0.1, -0.05) is 35.9 Å². The van der Waals surface area contributed by atoms with E-state index in [4.69, 9.17) is 11.6 Å². The molecule has 0 unspecified atom stereocenters. The molecule has 0 radical (unpaired) electrons. The maximum atomic E-state index is 6.25. The minimum Gasteiger partial charge on any atom is -0.310 e. The van der Waals surface area contributed by atoms with Gasteiger partial charge in [-0.15, -0.1) is 0 Å². The van der Waals surface area contributed by atoms with Crippen molar-refractivity contribution in [3.63, 3.8) is 0 Å². The third kappa shape index (κ3) is 3.05. The first-order valence-electron chi connectivity index (χ1n) is 7.23. The molecular formula is C18H20ClN. The average molecular weight is 286 g/mol. The Bertz CT molecular complexity index is 629. The lowest BCUT2D eigenvalue weighted by Crippen LogP contribution is -2.15. The maximum Gasteiger partial charge on any atom is 0.0441 e. The summed E-state index contributed by atoms with van der Waals surface area (Å²) in [6.45, 7) is 5.15. The molecule has 1 saturated carbocycles. The second-order valence-corrected chi connectivity index (χ2v) is 6.18. The van der Waals surface area contributed by atoms with Crippen LogP contribution < -0.4 is 5.32 Å². The van der Waals surface area contributed by atoms with E-state index in [2.05, 4.69) is 48.6 Å². The van der Waals surface area contributed by atoms with Crippen molar-refractivity contribution in [2.24, 2.45) is 0 Å². The van der Waals surface area contributed by atoms with E-state index in [1.165, 1.54) is 35.1 Å². The fourth-order valence-corrected chi connectivity index (χ4v) is 2.58. The first-order valence-corrected chi connectivity index (χ1v) is 7.61. The monoisotopic (exact) mass is 285 g/mol. The molecule has 104 valence electrons. The van der Waals surface area contributed by atoms with Crippen LogP contribution in [0.3, 0.4) is 0 Å². The van der Waals surface area contributed by atoms with Crippen LogP contribution in [-0.4, -0.2) is 6.04 Å². The lowest BCUT2D eigenvalue weighted by Gasteiger charge is -2.11. The molecule has 3 rings (SSSR count). The van der Waals surface area contributed by atoms with E-state index >= 15 is 0 Å². The second kappa shape index (κ2) is 5.59. The molecule has 1 N–H and O–H groups in total. The van der Waals surface area contributed by atoms with Crippen LogP contribution in [0.4, 0.5) is 0 Å². The van der Waals surface area contributed by atoms with E-state index in [1.807, 2.05) is 6.92 Å². The van der Waals surface area contributed by atoms with Crippen LogP contribution in [0.1, 0.15) is 29.5 Å². The number of hydrogen-bond acceptors (Lipinski definition) is 1. The zero-order chi connectivity index (χ0) is 14.1. The molecule has 0 amide bonds. The molecule has 20 heavy (non-hydrogen) atoms. The van der Waals surface area contributed by atoms with Gasteiger partial charge in [-0.05, 0) is 66.6 Å². The van der Waals surface area contributed by atoms with E-state index in [9.17, 15) is 0 Å². The lowest BCUT2D eigenvalue weighted by atomic mass is 9.97. The Morgan fingerprint density at radius 2 is 1.80 bits per heavy atom. The van der Waals surface area contributed by atoms with E-state index in [0.29, 0.717) is 0 Å². The summed E-state index contributed by atoms with van der Waals surface area (Å²) < 4.78 is 0. The van der Waals surface area contributed by atoms with Crippen LogP contribution in [0.15, 0.2) is 36.4 Å². The van der Waals surface area contributed by atoms with Gasteiger partial charge in [0.05, 0.1) is 0 Å². The summed E-state index contributed by atoms with van der Waals surface area (Å²) in [6, 6.07) is 13.8. The fourth-order valence-electron chi connectivity index (χ4n) is 2.40. The summed E-state index contributed by atoms with van der Waals surface area (Å²) in [6.07, 6.45) is 2.65. The van der Waals surface area contributed by atoms with Crippen LogP contribution in [0.5, 0.6) is 0 Å². The fraction of sp³-hybridized carbons (Fsp3) is 0.333. The Morgan fingerprint density at radius 1 is 1.05 bits per heavy atom. The van der Waals surface area contributed by atoms with Gasteiger partial charge in [-0.25, -0.2) is 0 Å². The molecule has 0 spiro atoms. The topological polar surface area (TPSA) is 12.0 Å². The van der Waals surface area contributed by atoms with E-state index in [0.717, 1.165) is 23.2 Å². The number of nitrogens with one attached hydrogen (secondary N) is 1. The van der Waals surface area contributed by atoms with Gasteiger partial charge in [-0.2, -0.15) is 0 Å². The summed E-state index contributed by atoms with van der Waals surface area (Å²) in [5.41, 5.74) is 6.24. The quantitative estimate of drug-likeness (QED) is 0.844. The zero-order valence-corrected chi connectivity index (χ0v) is 12.8. The van der Waals surface area contributed by atoms with Gasteiger partial charge in [0.15, 0.2) is 0 Å². The summed E-state index contributed by atoms with van der Waals surface area (Å²) >= 11 is 6.25. The summed E-state index contributed by atoms with van der Waals surface area (Å²) in [4.78, 5) is 0. The Kier molecular flexibility index (Phi) is 3.82. The molecule has 0 aliphatic heterocycles. The zero-order valence-electron chi connectivity index (χ0n) is 12.0. The average Bonchev–Trinajstić information content (AvgIpc) is 3.25. The number of benzene rings is 2. The van der Waals surface area contributed by atoms with Crippen LogP contribution in [0.2, 0.25) is 5.02 Å². The standard InChI is InChI=1S/C18H20ClN/c1-12-3-5-14(11-20-16-7-8-16)9-17(12)15-6-4-13(2)18(19)10-15/h3-6,9-10,16,20H,7-8,11H2,1-2H3. The molecule has 2 aromatic carbocycles. The molecule has 1 aliphatic rings. The highest BCUT2D eigenvalue weighted by molar-refractivity contribution is 6.31. The van der Waals surface area contributed by atoms with Gasteiger partial charge in [-0.3, -0.25) is 0 Å². The Hall–Kier alpha value is -1.31. The van der Waals surface area contributed by atoms with Crippen LogP contribution >= 0.6 is 11.6 Å². The first kappa shape index (κ1) is 13.7. The maximum absolute atomic E-state index is 6.25. The van der Waals surface area contributed by atoms with E-state index in [1.54, 1.807) is 0 Å². The Morgan fingerprint density at radius 3 is 2.50 bits per heavy atom. The molecule has 2 aromatic rings. The minimum atomic E-state index is 0.744. The van der Waals surface area contributed by atoms with Crippen molar-refractivity contribution in [1.29, 1.82) is 0 Å². The van der Waals surface area contributed by atoms with Crippen molar-refractivity contribution in [2.75, 3.05) is 0 Å². The van der Waals surface area contributed by atoms with Gasteiger partial charge in [0.2, 0.25) is 0 Å². The van der Waals surface area contributed by atoms with E-state index < -0.39 is 0 Å². The van der Waals surface area contributed by atoms with Gasteiger partial charge in [0, 0.05) is 17.6 Å². The summed E-state index contributed by atoms with van der Waals surface area (Å²) in [5.74, 6) is 0. The normalized spacial score (nSPS) is 14.6. The minimum absolute atomic E-state index is 0.744. The van der Waals surface area contributed by atoms with E-state index in [-0.39, 0.29) is 0 Å². The van der Waals surface area contributed by atoms with Gasteiger partial charge in [0.1, 0.15) is 0 Å². The molecule has 0 saturated heterocycles. The van der Waals surface area contributed by atoms with Crippen molar-refractivity contribution in [3.8, 4) is 11.1 Å². The largest absolute Gasteiger partial charge is 0.310 e. The molecule has 0 aromatic heterocycles. The van der Waals surface area contributed by atoms with Crippen LogP contribution in [-0.2, 0) is 6.54 Å². The highest BCUT2D eigenvalue weighted by Gasteiger charge is 2.20. The molecule has 1 fully saturated rings. The number of aryl methyl sites for hydroxylation is 2. The number of halogens is 1. The van der Waals surface area contributed by atoms with Crippen molar-refractivity contribution in [1.82, 2.24) is 5.32 Å². The number of hydrogen-bond donors (Lipinski definition) is 1. The Labute approximate surface area is 126 Å². The predicted molar refractivity (Wildman–Crippen MR) is 86.2 cm³/mol. The second-order valence-electron chi connectivity index (χ2n) is 5.77.